The smallest absolute Gasteiger partial charge is 0.383 e. The fourth-order valence-corrected chi connectivity index (χ4v) is 2.41. The number of nitrogens with two attached hydrogens (primary N) is 1. The number of rotatable bonds is 1. The molecule has 0 radical (unpaired) electrons. The Morgan fingerprint density at radius 1 is 1.44 bits per heavy atom. The summed E-state index contributed by atoms with van der Waals surface area (Å²) in [6.07, 6.45) is -1.81. The van der Waals surface area contributed by atoms with Gasteiger partial charge < -0.3 is 11.1 Å². The van der Waals surface area contributed by atoms with Gasteiger partial charge in [-0.2, -0.15) is 13.2 Å². The maximum atomic E-state index is 12.7. The molecular weight excluding hydrogens is 243 g/mol. The highest BCUT2D eigenvalue weighted by atomic mass is 19.4. The molecule has 2 atom stereocenters. The van der Waals surface area contributed by atoms with E-state index in [1.54, 1.807) is 0 Å². The predicted octanol–water partition coefficient (Wildman–Crippen LogP) is 2.54. The number of piperidine rings is 1. The van der Waals surface area contributed by atoms with E-state index >= 15 is 0 Å². The zero-order chi connectivity index (χ0) is 13.3. The Labute approximate surface area is 104 Å². The molecule has 1 aromatic rings. The maximum absolute atomic E-state index is 12.7. The largest absolute Gasteiger partial charge is 0.417 e. The minimum Gasteiger partial charge on any atom is -0.383 e. The molecule has 0 aliphatic carbocycles. The van der Waals surface area contributed by atoms with Crippen LogP contribution in [-0.4, -0.2) is 17.6 Å². The average Bonchev–Trinajstić information content (AvgIpc) is 2.29. The van der Waals surface area contributed by atoms with Crippen molar-refractivity contribution in [3.63, 3.8) is 0 Å². The van der Waals surface area contributed by atoms with E-state index in [2.05, 4.69) is 10.3 Å². The summed E-state index contributed by atoms with van der Waals surface area (Å²) in [5, 5.41) is 3.25. The molecule has 0 amide bonds. The first-order valence-electron chi connectivity index (χ1n) is 5.95. The number of nitrogen functional groups attached to an aromatic ring is 1. The molecule has 0 bridgehead atoms. The molecule has 0 saturated carbocycles. The van der Waals surface area contributed by atoms with Gasteiger partial charge in [-0.15, -0.1) is 0 Å². The summed E-state index contributed by atoms with van der Waals surface area (Å²) in [6.45, 7) is 2.85. The Morgan fingerprint density at radius 3 is 2.78 bits per heavy atom. The second-order valence-corrected chi connectivity index (χ2v) is 4.69. The lowest BCUT2D eigenvalue weighted by molar-refractivity contribution is -0.137. The van der Waals surface area contributed by atoms with Gasteiger partial charge in [-0.05, 0) is 37.9 Å². The Morgan fingerprint density at radius 2 is 2.17 bits per heavy atom. The van der Waals surface area contributed by atoms with E-state index in [0.29, 0.717) is 5.56 Å². The average molecular weight is 259 g/mol. The van der Waals surface area contributed by atoms with Crippen LogP contribution in [0.25, 0.3) is 0 Å². The second-order valence-electron chi connectivity index (χ2n) is 4.69. The van der Waals surface area contributed by atoms with Crippen molar-refractivity contribution in [2.45, 2.75) is 37.9 Å². The van der Waals surface area contributed by atoms with Crippen molar-refractivity contribution in [2.24, 2.45) is 0 Å². The van der Waals surface area contributed by atoms with Crippen molar-refractivity contribution in [3.8, 4) is 0 Å². The minimum absolute atomic E-state index is 0.00597. The third kappa shape index (κ3) is 2.58. The first-order valence-corrected chi connectivity index (χ1v) is 5.95. The normalized spacial score (nSPS) is 25.1. The van der Waals surface area contributed by atoms with Gasteiger partial charge >= 0.3 is 6.18 Å². The highest BCUT2D eigenvalue weighted by Gasteiger charge is 2.33. The fraction of sp³-hybridized carbons (Fsp3) is 0.583. The van der Waals surface area contributed by atoms with Crippen molar-refractivity contribution in [1.82, 2.24) is 10.3 Å². The van der Waals surface area contributed by atoms with E-state index in [9.17, 15) is 13.2 Å². The van der Waals surface area contributed by atoms with Crippen LogP contribution in [0.1, 0.15) is 36.8 Å². The lowest BCUT2D eigenvalue weighted by Crippen LogP contribution is -2.38. The van der Waals surface area contributed by atoms with Gasteiger partial charge in [0.2, 0.25) is 0 Å². The molecule has 1 aliphatic heterocycles. The van der Waals surface area contributed by atoms with Crippen LogP contribution in [0.5, 0.6) is 0 Å². The van der Waals surface area contributed by atoms with Gasteiger partial charge in [0.25, 0.3) is 0 Å². The third-order valence-corrected chi connectivity index (χ3v) is 3.44. The van der Waals surface area contributed by atoms with Gasteiger partial charge in [0.1, 0.15) is 5.82 Å². The summed E-state index contributed by atoms with van der Waals surface area (Å²) in [6, 6.07) is 1.25. The Bertz CT molecular complexity index is 431. The monoisotopic (exact) mass is 259 g/mol. The molecule has 2 rings (SSSR count). The maximum Gasteiger partial charge on any atom is 0.417 e. The van der Waals surface area contributed by atoms with Gasteiger partial charge in [-0.25, -0.2) is 4.98 Å². The van der Waals surface area contributed by atoms with Crippen LogP contribution in [-0.2, 0) is 6.18 Å². The number of aromatic nitrogens is 1. The Kier molecular flexibility index (Phi) is 3.47. The molecule has 1 aliphatic rings. The van der Waals surface area contributed by atoms with E-state index in [0.717, 1.165) is 31.6 Å². The molecule has 3 nitrogen and oxygen atoms in total. The van der Waals surface area contributed by atoms with Gasteiger partial charge in [-0.1, -0.05) is 0 Å². The molecule has 1 unspecified atom stereocenters. The third-order valence-electron chi connectivity index (χ3n) is 3.44. The van der Waals surface area contributed by atoms with Gasteiger partial charge in [0, 0.05) is 18.2 Å². The molecule has 18 heavy (non-hydrogen) atoms. The van der Waals surface area contributed by atoms with Gasteiger partial charge in [0.15, 0.2) is 0 Å². The highest BCUT2D eigenvalue weighted by Crippen LogP contribution is 2.35. The molecule has 3 N–H and O–H groups in total. The summed E-state index contributed by atoms with van der Waals surface area (Å²) in [4.78, 5) is 3.69. The number of nitrogens with zero attached hydrogens (tertiary/aromatic N) is 1. The van der Waals surface area contributed by atoms with Crippen LogP contribution in [0.15, 0.2) is 12.3 Å². The van der Waals surface area contributed by atoms with Crippen molar-refractivity contribution in [1.29, 1.82) is 0 Å². The van der Waals surface area contributed by atoms with E-state index in [4.69, 9.17) is 5.73 Å². The van der Waals surface area contributed by atoms with Crippen molar-refractivity contribution >= 4 is 5.82 Å². The Hall–Kier alpha value is -1.30. The molecule has 2 heterocycles. The fourth-order valence-electron chi connectivity index (χ4n) is 2.41. The summed E-state index contributed by atoms with van der Waals surface area (Å²) >= 11 is 0. The van der Waals surface area contributed by atoms with Crippen LogP contribution in [0.3, 0.4) is 0 Å². The van der Waals surface area contributed by atoms with E-state index in [1.807, 2.05) is 6.92 Å². The summed E-state index contributed by atoms with van der Waals surface area (Å²) in [7, 11) is 0. The zero-order valence-electron chi connectivity index (χ0n) is 10.1. The lowest BCUT2D eigenvalue weighted by Gasteiger charge is -2.31. The molecule has 6 heteroatoms. The molecule has 1 aromatic heterocycles. The second kappa shape index (κ2) is 4.76. The molecule has 0 aromatic carbocycles. The summed E-state index contributed by atoms with van der Waals surface area (Å²) in [5.74, 6) is 0.192. The van der Waals surface area contributed by atoms with E-state index in [-0.39, 0.29) is 17.8 Å². The summed E-state index contributed by atoms with van der Waals surface area (Å²) in [5.41, 5.74) is 5.49. The topological polar surface area (TPSA) is 50.9 Å². The van der Waals surface area contributed by atoms with Crippen LogP contribution in [0.2, 0.25) is 0 Å². The highest BCUT2D eigenvalue weighted by molar-refractivity contribution is 5.45. The van der Waals surface area contributed by atoms with Crippen molar-refractivity contribution in [3.05, 3.63) is 23.4 Å². The molecular formula is C12H16F3N3. The van der Waals surface area contributed by atoms with Gasteiger partial charge in [-0.3, -0.25) is 0 Å². The Balaban J connectivity index is 2.37. The first kappa shape index (κ1) is 13.1. The van der Waals surface area contributed by atoms with Crippen LogP contribution in [0, 0.1) is 0 Å². The van der Waals surface area contributed by atoms with E-state index in [1.165, 1.54) is 0 Å². The van der Waals surface area contributed by atoms with Gasteiger partial charge in [0.05, 0.1) is 5.56 Å². The predicted molar refractivity (Wildman–Crippen MR) is 63.1 cm³/mol. The quantitative estimate of drug-likeness (QED) is 0.814. The SMILES string of the molecule is C[C@@H]1NCCCC1c1cc(C(F)(F)F)cnc1N. The molecule has 1 saturated heterocycles. The number of nitrogens with one attached hydrogen (secondary N) is 1. The zero-order valence-corrected chi connectivity index (χ0v) is 10.1. The number of hydrogen-bond donors (Lipinski definition) is 2. The number of hydrogen-bond acceptors (Lipinski definition) is 3. The van der Waals surface area contributed by atoms with Crippen LogP contribution >= 0.6 is 0 Å². The van der Waals surface area contributed by atoms with Crippen molar-refractivity contribution in [2.75, 3.05) is 12.3 Å². The number of halogens is 3. The standard InChI is InChI=1S/C12H16F3N3/c1-7-9(3-2-4-17-7)10-5-8(12(13,14)15)6-18-11(10)16/h5-7,9,17H,2-4H2,1H3,(H2,16,18)/t7-,9?/m0/s1. The van der Waals surface area contributed by atoms with Crippen LogP contribution in [0.4, 0.5) is 19.0 Å². The first-order chi connectivity index (χ1) is 8.39. The lowest BCUT2D eigenvalue weighted by atomic mass is 9.85. The number of anilines is 1. The molecule has 100 valence electrons. The van der Waals surface area contributed by atoms with Crippen LogP contribution < -0.4 is 11.1 Å². The van der Waals surface area contributed by atoms with E-state index < -0.39 is 11.7 Å². The number of pyridine rings is 1. The molecule has 0 spiro atoms. The van der Waals surface area contributed by atoms with Crippen molar-refractivity contribution < 1.29 is 13.2 Å². The minimum atomic E-state index is -4.37. The molecule has 1 fully saturated rings. The summed E-state index contributed by atoms with van der Waals surface area (Å²) < 4.78 is 38.0. The number of alkyl halides is 3.